The zero-order valence-electron chi connectivity index (χ0n) is 18.7. The van der Waals surface area contributed by atoms with Crippen molar-refractivity contribution in [1.29, 1.82) is 0 Å². The van der Waals surface area contributed by atoms with E-state index >= 15 is 0 Å². The van der Waals surface area contributed by atoms with Crippen LogP contribution in [-0.4, -0.2) is 21.6 Å². The van der Waals surface area contributed by atoms with Crippen molar-refractivity contribution in [3.63, 3.8) is 0 Å². The number of imide groups is 1. The second-order valence-corrected chi connectivity index (χ2v) is 9.57. The Kier molecular flexibility index (Phi) is 6.19. The monoisotopic (exact) mass is 501 g/mol. The SMILES string of the molecule is Cc1ccc(NC(=O)Cn2cc(/C=C3/SC(=O)N(c4cccc(Cl)c4)C3=O)c3ccccc32)cc1. The van der Waals surface area contributed by atoms with Gasteiger partial charge in [0.2, 0.25) is 5.91 Å². The molecule has 0 saturated carbocycles. The molecule has 1 aliphatic heterocycles. The summed E-state index contributed by atoms with van der Waals surface area (Å²) in [5, 5.41) is 3.85. The number of para-hydroxylation sites is 1. The van der Waals surface area contributed by atoms with Gasteiger partial charge >= 0.3 is 0 Å². The highest BCUT2D eigenvalue weighted by Gasteiger charge is 2.36. The van der Waals surface area contributed by atoms with Crippen molar-refractivity contribution in [2.45, 2.75) is 13.5 Å². The Morgan fingerprint density at radius 3 is 2.57 bits per heavy atom. The molecule has 1 fully saturated rings. The van der Waals surface area contributed by atoms with Gasteiger partial charge in [-0.25, -0.2) is 4.90 Å². The molecule has 1 N–H and O–H groups in total. The Morgan fingerprint density at radius 2 is 1.80 bits per heavy atom. The number of fused-ring (bicyclic) bond motifs is 1. The lowest BCUT2D eigenvalue weighted by Gasteiger charge is -2.12. The fourth-order valence-electron chi connectivity index (χ4n) is 3.96. The van der Waals surface area contributed by atoms with E-state index in [1.54, 1.807) is 30.3 Å². The fourth-order valence-corrected chi connectivity index (χ4v) is 4.98. The van der Waals surface area contributed by atoms with E-state index in [0.29, 0.717) is 15.6 Å². The number of aryl methyl sites for hydroxylation is 1. The highest BCUT2D eigenvalue weighted by Crippen LogP contribution is 2.37. The van der Waals surface area contributed by atoms with Crippen molar-refractivity contribution in [3.05, 3.63) is 100 Å². The van der Waals surface area contributed by atoms with Crippen LogP contribution in [0.4, 0.5) is 16.2 Å². The molecule has 4 aromatic rings. The summed E-state index contributed by atoms with van der Waals surface area (Å²) in [5.74, 6) is -0.571. The van der Waals surface area contributed by atoms with E-state index in [0.717, 1.165) is 44.4 Å². The van der Waals surface area contributed by atoms with Gasteiger partial charge in [-0.3, -0.25) is 14.4 Å². The van der Waals surface area contributed by atoms with Crippen LogP contribution >= 0.6 is 23.4 Å². The molecule has 1 aliphatic rings. The summed E-state index contributed by atoms with van der Waals surface area (Å²) < 4.78 is 1.84. The van der Waals surface area contributed by atoms with E-state index in [4.69, 9.17) is 11.6 Å². The molecule has 0 unspecified atom stereocenters. The van der Waals surface area contributed by atoms with Crippen molar-refractivity contribution in [2.24, 2.45) is 0 Å². The molecule has 35 heavy (non-hydrogen) atoms. The first-order valence-corrected chi connectivity index (χ1v) is 12.1. The normalized spacial score (nSPS) is 14.8. The third kappa shape index (κ3) is 4.73. The minimum absolute atomic E-state index is 0.103. The summed E-state index contributed by atoms with van der Waals surface area (Å²) in [6.07, 6.45) is 3.53. The molecule has 0 atom stereocenters. The van der Waals surface area contributed by atoms with Gasteiger partial charge < -0.3 is 9.88 Å². The molecule has 8 heteroatoms. The van der Waals surface area contributed by atoms with Gasteiger partial charge in [-0.1, -0.05) is 53.6 Å². The van der Waals surface area contributed by atoms with Crippen molar-refractivity contribution >= 4 is 68.8 Å². The number of nitrogens with one attached hydrogen (secondary N) is 1. The number of nitrogens with zero attached hydrogens (tertiary/aromatic N) is 2. The second-order valence-electron chi connectivity index (χ2n) is 8.14. The summed E-state index contributed by atoms with van der Waals surface area (Å²) in [6.45, 7) is 2.09. The number of hydrogen-bond acceptors (Lipinski definition) is 4. The van der Waals surface area contributed by atoms with Gasteiger partial charge in [-0.15, -0.1) is 0 Å². The van der Waals surface area contributed by atoms with Gasteiger partial charge in [-0.2, -0.15) is 0 Å². The van der Waals surface area contributed by atoms with E-state index in [2.05, 4.69) is 5.32 Å². The number of aromatic nitrogens is 1. The van der Waals surface area contributed by atoms with Gasteiger partial charge in [0.05, 0.1) is 10.6 Å². The molecule has 0 aliphatic carbocycles. The number of amides is 3. The smallest absolute Gasteiger partial charge is 0.298 e. The van der Waals surface area contributed by atoms with Crippen LogP contribution < -0.4 is 10.2 Å². The van der Waals surface area contributed by atoms with Crippen LogP contribution in [0.1, 0.15) is 11.1 Å². The Balaban J connectivity index is 1.43. The molecule has 3 aromatic carbocycles. The first-order valence-electron chi connectivity index (χ1n) is 10.9. The summed E-state index contributed by atoms with van der Waals surface area (Å²) in [6, 6.07) is 21.9. The maximum atomic E-state index is 13.1. The van der Waals surface area contributed by atoms with E-state index in [-0.39, 0.29) is 17.7 Å². The third-order valence-corrected chi connectivity index (χ3v) is 6.72. The van der Waals surface area contributed by atoms with E-state index in [9.17, 15) is 14.4 Å². The molecule has 0 radical (unpaired) electrons. The highest BCUT2D eigenvalue weighted by atomic mass is 35.5. The van der Waals surface area contributed by atoms with Gasteiger partial charge in [0.15, 0.2) is 0 Å². The van der Waals surface area contributed by atoms with Gasteiger partial charge in [0, 0.05) is 33.4 Å². The standard InChI is InChI=1S/C27H20ClN3O3S/c1-17-9-11-20(12-10-17)29-25(32)16-30-15-18(22-7-2-3-8-23(22)30)13-24-26(33)31(27(34)35-24)21-6-4-5-19(28)14-21/h2-15H,16H2,1H3,(H,29,32)/b24-13+. The van der Waals surface area contributed by atoms with Crippen molar-refractivity contribution in [1.82, 2.24) is 4.57 Å². The van der Waals surface area contributed by atoms with E-state index in [1.165, 1.54) is 0 Å². The summed E-state index contributed by atoms with van der Waals surface area (Å²) in [5.41, 5.74) is 3.88. The predicted molar refractivity (Wildman–Crippen MR) is 142 cm³/mol. The van der Waals surface area contributed by atoms with E-state index in [1.807, 2.05) is 66.2 Å². The van der Waals surface area contributed by atoms with Gasteiger partial charge in [-0.05, 0) is 61.2 Å². The third-order valence-electron chi connectivity index (χ3n) is 5.62. The van der Waals surface area contributed by atoms with Crippen molar-refractivity contribution < 1.29 is 14.4 Å². The average Bonchev–Trinajstić information content (AvgIpc) is 3.31. The molecule has 174 valence electrons. The van der Waals surface area contributed by atoms with Crippen LogP contribution in [0.15, 0.2) is 83.9 Å². The maximum Gasteiger partial charge on any atom is 0.298 e. The lowest BCUT2D eigenvalue weighted by atomic mass is 10.1. The Labute approximate surface area is 211 Å². The molecule has 5 rings (SSSR count). The number of anilines is 2. The quantitative estimate of drug-likeness (QED) is 0.317. The number of rotatable bonds is 5. The van der Waals surface area contributed by atoms with Crippen molar-refractivity contribution in [2.75, 3.05) is 10.2 Å². The maximum absolute atomic E-state index is 13.1. The molecule has 3 amide bonds. The first kappa shape index (κ1) is 23.0. The number of thioether (sulfide) groups is 1. The summed E-state index contributed by atoms with van der Waals surface area (Å²) in [4.78, 5) is 39.9. The van der Waals surface area contributed by atoms with Gasteiger partial charge in [0.25, 0.3) is 11.1 Å². The number of hydrogen-bond donors (Lipinski definition) is 1. The predicted octanol–water partition coefficient (Wildman–Crippen LogP) is 6.48. The minimum Gasteiger partial charge on any atom is -0.337 e. The van der Waals surface area contributed by atoms with Crippen LogP contribution in [0, 0.1) is 6.92 Å². The van der Waals surface area contributed by atoms with E-state index < -0.39 is 5.91 Å². The number of benzene rings is 3. The summed E-state index contributed by atoms with van der Waals surface area (Å²) >= 11 is 6.93. The lowest BCUT2D eigenvalue weighted by Crippen LogP contribution is -2.27. The number of halogens is 1. The Morgan fingerprint density at radius 1 is 1.03 bits per heavy atom. The first-order chi connectivity index (χ1) is 16.9. The van der Waals surface area contributed by atoms with Crippen LogP contribution in [-0.2, 0) is 16.1 Å². The Bertz CT molecular complexity index is 1510. The largest absolute Gasteiger partial charge is 0.337 e. The molecule has 0 spiro atoms. The van der Waals surface area contributed by atoms with Gasteiger partial charge in [0.1, 0.15) is 6.54 Å². The van der Waals surface area contributed by atoms with Crippen molar-refractivity contribution in [3.8, 4) is 0 Å². The second kappa shape index (κ2) is 9.44. The molecule has 1 aromatic heterocycles. The zero-order valence-corrected chi connectivity index (χ0v) is 20.3. The van der Waals surface area contributed by atoms with Crippen LogP contribution in [0.25, 0.3) is 17.0 Å². The Hall–Kier alpha value is -3.81. The average molecular weight is 502 g/mol. The van der Waals surface area contributed by atoms with Crippen LogP contribution in [0.3, 0.4) is 0 Å². The molecule has 2 heterocycles. The number of carbonyl (C=O) groups excluding carboxylic acids is 3. The fraction of sp³-hybridized carbons (Fsp3) is 0.0741. The number of carbonyl (C=O) groups is 3. The van der Waals surface area contributed by atoms with Crippen LogP contribution in [0.2, 0.25) is 5.02 Å². The van der Waals surface area contributed by atoms with Crippen LogP contribution in [0.5, 0.6) is 0 Å². The molecular formula is C27H20ClN3O3S. The lowest BCUT2D eigenvalue weighted by molar-refractivity contribution is -0.116. The highest BCUT2D eigenvalue weighted by molar-refractivity contribution is 8.19. The summed E-state index contributed by atoms with van der Waals surface area (Å²) in [7, 11) is 0. The molecule has 1 saturated heterocycles. The molecule has 0 bridgehead atoms. The molecule has 6 nitrogen and oxygen atoms in total. The molecular weight excluding hydrogens is 482 g/mol. The zero-order chi connectivity index (χ0) is 24.5. The topological polar surface area (TPSA) is 71.4 Å². The minimum atomic E-state index is -0.406.